The molecular formula is C23H21N3O5S. The SMILES string of the molecule is COc1ccc(/C=c2\sc3nc(CCC(=O)c4cc(OC)ccc4OC)nn3c2=O)cc1. The molecule has 2 aromatic carbocycles. The average molecular weight is 452 g/mol. The Morgan fingerprint density at radius 1 is 1.03 bits per heavy atom. The van der Waals surface area contributed by atoms with Crippen molar-refractivity contribution in [3.05, 3.63) is 74.3 Å². The van der Waals surface area contributed by atoms with Gasteiger partial charge in [0.25, 0.3) is 5.56 Å². The van der Waals surface area contributed by atoms with Gasteiger partial charge in [-0.3, -0.25) is 9.59 Å². The van der Waals surface area contributed by atoms with Crippen LogP contribution in [0.2, 0.25) is 0 Å². The molecule has 0 amide bonds. The molecule has 2 heterocycles. The Bertz CT molecular complexity index is 1380. The minimum absolute atomic E-state index is 0.116. The van der Waals surface area contributed by atoms with Gasteiger partial charge in [0.1, 0.15) is 17.2 Å². The highest BCUT2D eigenvalue weighted by atomic mass is 32.1. The molecule has 0 aliphatic heterocycles. The Labute approximate surface area is 187 Å². The molecule has 0 unspecified atom stereocenters. The van der Waals surface area contributed by atoms with Crippen molar-refractivity contribution >= 4 is 28.2 Å². The number of ketones is 1. The van der Waals surface area contributed by atoms with Crippen LogP contribution < -0.4 is 24.3 Å². The van der Waals surface area contributed by atoms with Crippen LogP contribution in [0.1, 0.15) is 28.2 Å². The van der Waals surface area contributed by atoms with E-state index in [9.17, 15) is 9.59 Å². The summed E-state index contributed by atoms with van der Waals surface area (Å²) in [5, 5.41) is 4.30. The van der Waals surface area contributed by atoms with Gasteiger partial charge in [-0.05, 0) is 42.0 Å². The lowest BCUT2D eigenvalue weighted by molar-refractivity contribution is 0.0979. The van der Waals surface area contributed by atoms with Crippen LogP contribution in [0.3, 0.4) is 0 Å². The van der Waals surface area contributed by atoms with Crippen molar-refractivity contribution in [2.45, 2.75) is 12.8 Å². The van der Waals surface area contributed by atoms with E-state index < -0.39 is 0 Å². The maximum Gasteiger partial charge on any atom is 0.291 e. The van der Waals surface area contributed by atoms with Crippen molar-refractivity contribution in [1.29, 1.82) is 0 Å². The van der Waals surface area contributed by atoms with Crippen LogP contribution in [0, 0.1) is 0 Å². The second-order valence-electron chi connectivity index (χ2n) is 6.90. The number of carbonyl (C=O) groups is 1. The number of fused-ring (bicyclic) bond motifs is 1. The fraction of sp³-hybridized carbons (Fsp3) is 0.217. The Balaban J connectivity index is 1.52. The van der Waals surface area contributed by atoms with Crippen LogP contribution in [0.4, 0.5) is 0 Å². The number of aryl methyl sites for hydroxylation is 1. The van der Waals surface area contributed by atoms with Gasteiger partial charge in [-0.25, -0.2) is 4.98 Å². The van der Waals surface area contributed by atoms with Crippen LogP contribution in [-0.4, -0.2) is 41.7 Å². The maximum atomic E-state index is 12.7. The number of aromatic nitrogens is 3. The maximum absolute atomic E-state index is 12.7. The van der Waals surface area contributed by atoms with Crippen LogP contribution in [0.15, 0.2) is 47.3 Å². The van der Waals surface area contributed by atoms with Gasteiger partial charge < -0.3 is 14.2 Å². The van der Waals surface area contributed by atoms with Crippen molar-refractivity contribution < 1.29 is 19.0 Å². The van der Waals surface area contributed by atoms with Crippen LogP contribution in [-0.2, 0) is 6.42 Å². The second-order valence-corrected chi connectivity index (χ2v) is 7.91. The number of carbonyl (C=O) groups excluding carboxylic acids is 1. The largest absolute Gasteiger partial charge is 0.497 e. The van der Waals surface area contributed by atoms with E-state index in [-0.39, 0.29) is 17.8 Å². The number of hydrogen-bond acceptors (Lipinski definition) is 8. The summed E-state index contributed by atoms with van der Waals surface area (Å²) >= 11 is 1.26. The summed E-state index contributed by atoms with van der Waals surface area (Å²) in [6.45, 7) is 0. The Morgan fingerprint density at radius 2 is 1.75 bits per heavy atom. The molecule has 0 N–H and O–H groups in total. The van der Waals surface area contributed by atoms with Crippen LogP contribution in [0.25, 0.3) is 11.0 Å². The number of benzene rings is 2. The first-order valence-corrected chi connectivity index (χ1v) is 10.6. The lowest BCUT2D eigenvalue weighted by Crippen LogP contribution is -2.23. The first-order chi connectivity index (χ1) is 15.5. The van der Waals surface area contributed by atoms with Crippen LogP contribution >= 0.6 is 11.3 Å². The molecular weight excluding hydrogens is 430 g/mol. The number of methoxy groups -OCH3 is 3. The van der Waals surface area contributed by atoms with Gasteiger partial charge in [-0.15, -0.1) is 5.10 Å². The van der Waals surface area contributed by atoms with E-state index in [1.165, 1.54) is 23.0 Å². The van der Waals surface area contributed by atoms with E-state index >= 15 is 0 Å². The summed E-state index contributed by atoms with van der Waals surface area (Å²) in [4.78, 5) is 30.3. The summed E-state index contributed by atoms with van der Waals surface area (Å²) in [5.41, 5.74) is 1.08. The minimum Gasteiger partial charge on any atom is -0.497 e. The average Bonchev–Trinajstić information content (AvgIpc) is 3.35. The zero-order valence-corrected chi connectivity index (χ0v) is 18.6. The van der Waals surface area contributed by atoms with Crippen molar-refractivity contribution in [3.63, 3.8) is 0 Å². The first kappa shape index (κ1) is 21.5. The zero-order chi connectivity index (χ0) is 22.7. The Morgan fingerprint density at radius 3 is 2.41 bits per heavy atom. The van der Waals surface area contributed by atoms with E-state index in [0.29, 0.717) is 38.8 Å². The van der Waals surface area contributed by atoms with E-state index in [1.54, 1.807) is 38.5 Å². The number of Topliss-reactive ketones (excluding diaryl/α,β-unsaturated/α-hetero) is 1. The molecule has 0 atom stereocenters. The molecule has 0 aliphatic rings. The molecule has 2 aromatic heterocycles. The van der Waals surface area contributed by atoms with Gasteiger partial charge in [0.2, 0.25) is 4.96 Å². The van der Waals surface area contributed by atoms with Crippen molar-refractivity contribution in [2.24, 2.45) is 0 Å². The molecule has 9 heteroatoms. The summed E-state index contributed by atoms with van der Waals surface area (Å²) in [7, 11) is 4.66. The van der Waals surface area contributed by atoms with E-state index in [4.69, 9.17) is 14.2 Å². The summed E-state index contributed by atoms with van der Waals surface area (Å²) < 4.78 is 17.4. The van der Waals surface area contributed by atoms with Crippen molar-refractivity contribution in [2.75, 3.05) is 21.3 Å². The summed E-state index contributed by atoms with van der Waals surface area (Å²) in [5.74, 6) is 2.13. The molecule has 0 bridgehead atoms. The highest BCUT2D eigenvalue weighted by Crippen LogP contribution is 2.25. The van der Waals surface area contributed by atoms with E-state index in [1.807, 2.05) is 24.3 Å². The Hall–Kier alpha value is -3.72. The molecule has 32 heavy (non-hydrogen) atoms. The van der Waals surface area contributed by atoms with Gasteiger partial charge in [-0.2, -0.15) is 4.52 Å². The number of rotatable bonds is 8. The fourth-order valence-electron chi connectivity index (χ4n) is 3.22. The lowest BCUT2D eigenvalue weighted by Gasteiger charge is -2.09. The number of ether oxygens (including phenoxy) is 3. The highest BCUT2D eigenvalue weighted by Gasteiger charge is 2.16. The topological polar surface area (TPSA) is 92.0 Å². The third-order valence-corrected chi connectivity index (χ3v) is 5.88. The third-order valence-electron chi connectivity index (χ3n) is 4.92. The van der Waals surface area contributed by atoms with Crippen molar-refractivity contribution in [3.8, 4) is 17.2 Å². The number of hydrogen-bond donors (Lipinski definition) is 0. The van der Waals surface area contributed by atoms with Gasteiger partial charge >= 0.3 is 0 Å². The molecule has 0 radical (unpaired) electrons. The standard InChI is InChI=1S/C23H21N3O5S/c1-29-15-6-4-14(5-7-15)12-20-22(28)26-23(32-20)24-21(25-26)11-9-18(27)17-13-16(30-2)8-10-19(17)31-3/h4-8,10,12-13H,9,11H2,1-3H3/b20-12-. The molecule has 4 rings (SSSR count). The second kappa shape index (κ2) is 9.19. The monoisotopic (exact) mass is 451 g/mol. The summed E-state index contributed by atoms with van der Waals surface area (Å²) in [6.07, 6.45) is 2.28. The van der Waals surface area contributed by atoms with Gasteiger partial charge in [-0.1, -0.05) is 23.5 Å². The van der Waals surface area contributed by atoms with Gasteiger partial charge in [0.15, 0.2) is 11.6 Å². The molecule has 8 nitrogen and oxygen atoms in total. The van der Waals surface area contributed by atoms with Gasteiger partial charge in [0, 0.05) is 12.8 Å². The number of nitrogens with zero attached hydrogens (tertiary/aromatic N) is 3. The minimum atomic E-state index is -0.236. The molecule has 0 spiro atoms. The predicted molar refractivity (Wildman–Crippen MR) is 121 cm³/mol. The molecule has 4 aromatic rings. The molecule has 0 saturated carbocycles. The van der Waals surface area contributed by atoms with E-state index in [0.717, 1.165) is 11.3 Å². The number of thiazole rings is 1. The third kappa shape index (κ3) is 4.33. The molecule has 0 fully saturated rings. The quantitative estimate of drug-likeness (QED) is 0.380. The predicted octanol–water partition coefficient (Wildman–Crippen LogP) is 2.54. The molecule has 0 aliphatic carbocycles. The smallest absolute Gasteiger partial charge is 0.291 e. The lowest BCUT2D eigenvalue weighted by atomic mass is 10.0. The van der Waals surface area contributed by atoms with Crippen LogP contribution in [0.5, 0.6) is 17.2 Å². The van der Waals surface area contributed by atoms with E-state index in [2.05, 4.69) is 10.1 Å². The van der Waals surface area contributed by atoms with Crippen molar-refractivity contribution in [1.82, 2.24) is 14.6 Å². The summed E-state index contributed by atoms with van der Waals surface area (Å²) in [6, 6.07) is 12.5. The molecule has 164 valence electrons. The normalized spacial score (nSPS) is 11.7. The first-order valence-electron chi connectivity index (χ1n) is 9.82. The highest BCUT2D eigenvalue weighted by molar-refractivity contribution is 7.15. The Kier molecular flexibility index (Phi) is 6.18. The molecule has 0 saturated heterocycles. The fourth-order valence-corrected chi connectivity index (χ4v) is 4.15. The van der Waals surface area contributed by atoms with Gasteiger partial charge in [0.05, 0.1) is 31.4 Å². The zero-order valence-electron chi connectivity index (χ0n) is 17.8.